The van der Waals surface area contributed by atoms with Gasteiger partial charge in [-0.25, -0.2) is 4.98 Å². The van der Waals surface area contributed by atoms with E-state index in [1.807, 2.05) is 0 Å². The Morgan fingerprint density at radius 2 is 2.14 bits per heavy atom. The Labute approximate surface area is 85.0 Å². The summed E-state index contributed by atoms with van der Waals surface area (Å²) in [6.07, 6.45) is 5.00. The molecule has 0 spiro atoms. The molecule has 78 valence electrons. The molecular formula is C10H18N4. The molecule has 1 rings (SSSR count). The summed E-state index contributed by atoms with van der Waals surface area (Å²) in [5.74, 6) is 0.771. The van der Waals surface area contributed by atoms with Gasteiger partial charge in [0.05, 0.1) is 6.20 Å². The summed E-state index contributed by atoms with van der Waals surface area (Å²) in [6, 6.07) is 0.101. The van der Waals surface area contributed by atoms with Gasteiger partial charge in [-0.3, -0.25) is 4.98 Å². The van der Waals surface area contributed by atoms with Crippen LogP contribution in [-0.4, -0.2) is 22.6 Å². The molecule has 1 unspecified atom stereocenters. The molecular weight excluding hydrogens is 176 g/mol. The average Bonchev–Trinajstić information content (AvgIpc) is 2.14. The maximum Gasteiger partial charge on any atom is 0.144 e. The van der Waals surface area contributed by atoms with Crippen molar-refractivity contribution in [1.29, 1.82) is 0 Å². The fraction of sp³-hybridized carbons (Fsp3) is 0.600. The third-order valence-electron chi connectivity index (χ3n) is 2.18. The van der Waals surface area contributed by atoms with E-state index in [2.05, 4.69) is 36.1 Å². The first-order chi connectivity index (χ1) is 6.50. The van der Waals surface area contributed by atoms with Crippen LogP contribution < -0.4 is 11.1 Å². The van der Waals surface area contributed by atoms with Gasteiger partial charge in [-0.05, 0) is 5.41 Å². The van der Waals surface area contributed by atoms with Crippen LogP contribution in [0, 0.1) is 5.41 Å². The standard InChI is InChI=1S/C10H18N4/c1-10(2,3)8(11)6-14-9-7-12-4-5-13-9/h4-5,7-8H,6,11H2,1-3H3,(H,13,14). The van der Waals surface area contributed by atoms with Crippen molar-refractivity contribution in [1.82, 2.24) is 9.97 Å². The van der Waals surface area contributed by atoms with Gasteiger partial charge < -0.3 is 11.1 Å². The number of hydrogen-bond acceptors (Lipinski definition) is 4. The lowest BCUT2D eigenvalue weighted by Crippen LogP contribution is -2.40. The lowest BCUT2D eigenvalue weighted by molar-refractivity contribution is 0.331. The number of nitrogens with two attached hydrogens (primary N) is 1. The minimum atomic E-state index is 0.101. The van der Waals surface area contributed by atoms with E-state index in [1.54, 1.807) is 18.6 Å². The first-order valence-electron chi connectivity index (χ1n) is 4.75. The predicted molar refractivity (Wildman–Crippen MR) is 58.0 cm³/mol. The van der Waals surface area contributed by atoms with Gasteiger partial charge >= 0.3 is 0 Å². The van der Waals surface area contributed by atoms with Gasteiger partial charge in [0.1, 0.15) is 5.82 Å². The fourth-order valence-electron chi connectivity index (χ4n) is 0.911. The molecule has 1 atom stereocenters. The van der Waals surface area contributed by atoms with Crippen LogP contribution >= 0.6 is 0 Å². The maximum absolute atomic E-state index is 5.99. The largest absolute Gasteiger partial charge is 0.367 e. The molecule has 0 fully saturated rings. The van der Waals surface area contributed by atoms with E-state index in [1.165, 1.54) is 0 Å². The third-order valence-corrected chi connectivity index (χ3v) is 2.18. The lowest BCUT2D eigenvalue weighted by Gasteiger charge is -2.27. The van der Waals surface area contributed by atoms with Crippen LogP contribution in [0.25, 0.3) is 0 Å². The van der Waals surface area contributed by atoms with Gasteiger partial charge in [0, 0.05) is 25.0 Å². The Morgan fingerprint density at radius 3 is 2.64 bits per heavy atom. The van der Waals surface area contributed by atoms with Crippen molar-refractivity contribution in [3.63, 3.8) is 0 Å². The maximum atomic E-state index is 5.99. The minimum Gasteiger partial charge on any atom is -0.367 e. The first-order valence-corrected chi connectivity index (χ1v) is 4.75. The van der Waals surface area contributed by atoms with Crippen molar-refractivity contribution in [2.24, 2.45) is 11.1 Å². The van der Waals surface area contributed by atoms with Gasteiger partial charge in [-0.2, -0.15) is 0 Å². The summed E-state index contributed by atoms with van der Waals surface area (Å²) in [6.45, 7) is 7.07. The summed E-state index contributed by atoms with van der Waals surface area (Å²) in [5, 5.41) is 3.15. The lowest BCUT2D eigenvalue weighted by atomic mass is 9.87. The molecule has 0 saturated carbocycles. The van der Waals surface area contributed by atoms with Crippen LogP contribution in [0.4, 0.5) is 5.82 Å². The minimum absolute atomic E-state index is 0.101. The van der Waals surface area contributed by atoms with Gasteiger partial charge in [0.2, 0.25) is 0 Å². The van der Waals surface area contributed by atoms with Crippen molar-refractivity contribution < 1.29 is 0 Å². The monoisotopic (exact) mass is 194 g/mol. The molecule has 1 aromatic rings. The average molecular weight is 194 g/mol. The first kappa shape index (κ1) is 10.9. The molecule has 0 aromatic carbocycles. The Balaban J connectivity index is 2.42. The van der Waals surface area contributed by atoms with E-state index < -0.39 is 0 Å². The molecule has 1 aromatic heterocycles. The van der Waals surface area contributed by atoms with Gasteiger partial charge in [-0.1, -0.05) is 20.8 Å². The van der Waals surface area contributed by atoms with E-state index in [0.29, 0.717) is 6.54 Å². The molecule has 1 heterocycles. The normalized spacial score (nSPS) is 13.7. The van der Waals surface area contributed by atoms with Gasteiger partial charge in [0.15, 0.2) is 0 Å². The van der Waals surface area contributed by atoms with Crippen LogP contribution in [0.5, 0.6) is 0 Å². The number of rotatable bonds is 3. The number of aromatic nitrogens is 2. The van der Waals surface area contributed by atoms with Crippen LogP contribution in [0.15, 0.2) is 18.6 Å². The Hall–Kier alpha value is -1.16. The molecule has 0 saturated heterocycles. The van der Waals surface area contributed by atoms with Gasteiger partial charge in [0.25, 0.3) is 0 Å². The molecule has 0 aliphatic carbocycles. The second kappa shape index (κ2) is 4.37. The quantitative estimate of drug-likeness (QED) is 0.760. The smallest absolute Gasteiger partial charge is 0.144 e. The Kier molecular flexibility index (Phi) is 3.41. The summed E-state index contributed by atoms with van der Waals surface area (Å²) >= 11 is 0. The van der Waals surface area contributed by atoms with Crippen molar-refractivity contribution in [2.75, 3.05) is 11.9 Å². The van der Waals surface area contributed by atoms with E-state index in [-0.39, 0.29) is 11.5 Å². The second-order valence-electron chi connectivity index (χ2n) is 4.44. The topological polar surface area (TPSA) is 63.8 Å². The summed E-state index contributed by atoms with van der Waals surface area (Å²) in [7, 11) is 0. The summed E-state index contributed by atoms with van der Waals surface area (Å²) < 4.78 is 0. The van der Waals surface area contributed by atoms with E-state index in [9.17, 15) is 0 Å². The molecule has 0 bridgehead atoms. The highest BCUT2D eigenvalue weighted by molar-refractivity contribution is 5.30. The molecule has 0 amide bonds. The highest BCUT2D eigenvalue weighted by Crippen LogP contribution is 2.17. The highest BCUT2D eigenvalue weighted by Gasteiger charge is 2.19. The number of nitrogens with one attached hydrogen (secondary N) is 1. The van der Waals surface area contributed by atoms with Crippen molar-refractivity contribution in [3.05, 3.63) is 18.6 Å². The number of anilines is 1. The highest BCUT2D eigenvalue weighted by atomic mass is 15.0. The molecule has 4 nitrogen and oxygen atoms in total. The Bertz CT molecular complexity index is 265. The number of hydrogen-bond donors (Lipinski definition) is 2. The molecule has 0 radical (unpaired) electrons. The van der Waals surface area contributed by atoms with Crippen molar-refractivity contribution in [3.8, 4) is 0 Å². The summed E-state index contributed by atoms with van der Waals surface area (Å²) in [5.41, 5.74) is 6.09. The molecule has 0 aliphatic heterocycles. The Morgan fingerprint density at radius 1 is 1.43 bits per heavy atom. The van der Waals surface area contributed by atoms with Crippen molar-refractivity contribution in [2.45, 2.75) is 26.8 Å². The zero-order valence-electron chi connectivity index (χ0n) is 8.99. The van der Waals surface area contributed by atoms with Crippen LogP contribution in [0.1, 0.15) is 20.8 Å². The fourth-order valence-corrected chi connectivity index (χ4v) is 0.911. The molecule has 14 heavy (non-hydrogen) atoms. The second-order valence-corrected chi connectivity index (χ2v) is 4.44. The SMILES string of the molecule is CC(C)(C)C(N)CNc1cnccn1. The van der Waals surface area contributed by atoms with Gasteiger partial charge in [-0.15, -0.1) is 0 Å². The predicted octanol–water partition coefficient (Wildman–Crippen LogP) is 1.26. The van der Waals surface area contributed by atoms with E-state index >= 15 is 0 Å². The van der Waals surface area contributed by atoms with Crippen molar-refractivity contribution >= 4 is 5.82 Å². The summed E-state index contributed by atoms with van der Waals surface area (Å²) in [4.78, 5) is 8.06. The molecule has 4 heteroatoms. The van der Waals surface area contributed by atoms with Crippen LogP contribution in [0.3, 0.4) is 0 Å². The third kappa shape index (κ3) is 3.30. The van der Waals surface area contributed by atoms with Crippen LogP contribution in [-0.2, 0) is 0 Å². The van der Waals surface area contributed by atoms with E-state index in [4.69, 9.17) is 5.73 Å². The zero-order chi connectivity index (χ0) is 10.6. The van der Waals surface area contributed by atoms with Crippen LogP contribution in [0.2, 0.25) is 0 Å². The number of nitrogens with zero attached hydrogens (tertiary/aromatic N) is 2. The van der Waals surface area contributed by atoms with E-state index in [0.717, 1.165) is 5.82 Å². The zero-order valence-corrected chi connectivity index (χ0v) is 8.99. The molecule has 0 aliphatic rings. The molecule has 3 N–H and O–H groups in total.